The van der Waals surface area contributed by atoms with Crippen molar-refractivity contribution in [2.75, 3.05) is 5.32 Å². The summed E-state index contributed by atoms with van der Waals surface area (Å²) in [5, 5.41) is 32.0. The molecule has 0 fully saturated rings. The van der Waals surface area contributed by atoms with E-state index in [1.54, 1.807) is 0 Å². The van der Waals surface area contributed by atoms with Crippen LogP contribution in [0.15, 0.2) is 55.1 Å². The van der Waals surface area contributed by atoms with Crippen LogP contribution in [0.2, 0.25) is 0 Å². The lowest BCUT2D eigenvalue weighted by Crippen LogP contribution is -2.15. The first-order valence-electron chi connectivity index (χ1n) is 8.23. The number of carboxylic acids is 2. The number of carbonyl (C=O) groups excluding carboxylic acids is 1. The van der Waals surface area contributed by atoms with Crippen molar-refractivity contribution in [1.29, 1.82) is 0 Å². The average Bonchev–Trinajstić information content (AvgIpc) is 2.73. The first-order chi connectivity index (χ1) is 14.3. The van der Waals surface area contributed by atoms with E-state index in [9.17, 15) is 24.5 Å². The quantitative estimate of drug-likeness (QED) is 0.409. The minimum Gasteiger partial charge on any atom is -0.478 e. The number of benzene rings is 2. The Labute approximate surface area is 167 Å². The topological polar surface area (TPSA) is 173 Å². The molecule has 0 bridgehead atoms. The van der Waals surface area contributed by atoms with Crippen LogP contribution in [0.4, 0.5) is 11.4 Å². The summed E-state index contributed by atoms with van der Waals surface area (Å²) in [6.07, 6.45) is 4.21. The smallest absolute Gasteiger partial charge is 0.335 e. The molecule has 3 rings (SSSR count). The number of nitrogens with one attached hydrogen (secondary N) is 1. The molecule has 0 radical (unpaired) electrons. The van der Waals surface area contributed by atoms with Crippen molar-refractivity contribution in [2.45, 2.75) is 0 Å². The number of nitrogens with zero attached hydrogens (tertiary/aromatic N) is 3. The van der Waals surface area contributed by atoms with Crippen molar-refractivity contribution in [1.82, 2.24) is 9.97 Å². The Morgan fingerprint density at radius 1 is 0.900 bits per heavy atom. The maximum Gasteiger partial charge on any atom is 0.335 e. The van der Waals surface area contributed by atoms with Crippen LogP contribution in [0.25, 0.3) is 11.1 Å². The molecular formula is C19H12N4O7. The van der Waals surface area contributed by atoms with Crippen LogP contribution in [0.1, 0.15) is 31.1 Å². The second kappa shape index (κ2) is 8.14. The minimum atomic E-state index is -1.39. The second-order valence-corrected chi connectivity index (χ2v) is 5.98. The van der Waals surface area contributed by atoms with Gasteiger partial charge in [0.25, 0.3) is 11.6 Å². The summed E-state index contributed by atoms with van der Waals surface area (Å²) in [7, 11) is 0. The van der Waals surface area contributed by atoms with Gasteiger partial charge in [0.2, 0.25) is 0 Å². The predicted molar refractivity (Wildman–Crippen MR) is 102 cm³/mol. The van der Waals surface area contributed by atoms with Crippen molar-refractivity contribution in [3.05, 3.63) is 81.9 Å². The molecule has 0 aliphatic carbocycles. The number of aromatic carboxylic acids is 2. The first-order valence-corrected chi connectivity index (χ1v) is 8.23. The van der Waals surface area contributed by atoms with Gasteiger partial charge in [-0.2, -0.15) is 0 Å². The molecule has 0 spiro atoms. The summed E-state index contributed by atoms with van der Waals surface area (Å²) in [6, 6.07) is 6.91. The summed E-state index contributed by atoms with van der Waals surface area (Å²) in [5.74, 6) is -3.69. The van der Waals surface area contributed by atoms with E-state index in [0.717, 1.165) is 18.2 Å². The molecule has 3 aromatic rings. The number of aromatic nitrogens is 2. The molecule has 2 aromatic carbocycles. The highest BCUT2D eigenvalue weighted by atomic mass is 16.6. The van der Waals surface area contributed by atoms with E-state index in [1.165, 1.54) is 36.9 Å². The fraction of sp³-hybridized carbons (Fsp3) is 0. The molecule has 1 aromatic heterocycles. The highest BCUT2D eigenvalue weighted by molar-refractivity contribution is 6.08. The lowest BCUT2D eigenvalue weighted by molar-refractivity contribution is -0.385. The number of anilines is 1. The Kier molecular flexibility index (Phi) is 5.45. The van der Waals surface area contributed by atoms with Gasteiger partial charge in [0, 0.05) is 29.7 Å². The van der Waals surface area contributed by atoms with Gasteiger partial charge in [-0.15, -0.1) is 0 Å². The predicted octanol–water partition coefficient (Wildman–Crippen LogP) is 2.70. The average molecular weight is 408 g/mol. The van der Waals surface area contributed by atoms with Crippen LogP contribution in [0.5, 0.6) is 0 Å². The van der Waals surface area contributed by atoms with E-state index >= 15 is 0 Å². The van der Waals surface area contributed by atoms with Gasteiger partial charge in [-0.3, -0.25) is 14.9 Å². The Bertz CT molecular complexity index is 1150. The van der Waals surface area contributed by atoms with Crippen LogP contribution in [0, 0.1) is 10.1 Å². The normalized spacial score (nSPS) is 10.3. The highest BCUT2D eigenvalue weighted by Gasteiger charge is 2.22. The van der Waals surface area contributed by atoms with Gasteiger partial charge < -0.3 is 15.5 Å². The summed E-state index contributed by atoms with van der Waals surface area (Å²) in [5.41, 5.74) is -0.724. The molecule has 1 amide bonds. The van der Waals surface area contributed by atoms with Crippen molar-refractivity contribution in [3.8, 4) is 11.1 Å². The largest absolute Gasteiger partial charge is 0.478 e. The molecule has 0 saturated carbocycles. The number of carbonyl (C=O) groups is 3. The van der Waals surface area contributed by atoms with Gasteiger partial charge in [0.15, 0.2) is 0 Å². The Morgan fingerprint density at radius 2 is 1.50 bits per heavy atom. The van der Waals surface area contributed by atoms with Gasteiger partial charge >= 0.3 is 11.9 Å². The van der Waals surface area contributed by atoms with Gasteiger partial charge in [-0.25, -0.2) is 19.6 Å². The third kappa shape index (κ3) is 4.25. The summed E-state index contributed by atoms with van der Waals surface area (Å²) < 4.78 is 0. The molecule has 150 valence electrons. The minimum absolute atomic E-state index is 0.132. The maximum absolute atomic E-state index is 12.6. The van der Waals surface area contributed by atoms with E-state index in [0.29, 0.717) is 11.1 Å². The molecule has 11 nitrogen and oxygen atoms in total. The summed E-state index contributed by atoms with van der Waals surface area (Å²) >= 11 is 0. The molecule has 11 heteroatoms. The Balaban J connectivity index is 1.98. The van der Waals surface area contributed by atoms with Crippen LogP contribution < -0.4 is 5.32 Å². The molecule has 0 atom stereocenters. The SMILES string of the molecule is O=C(O)c1cc(NC(=O)c2ccc(-c3cncnc3)cc2[N+](=O)[O-])cc(C(=O)O)c1. The van der Waals surface area contributed by atoms with E-state index in [2.05, 4.69) is 15.3 Å². The number of hydrogen-bond donors (Lipinski definition) is 3. The molecule has 0 aliphatic rings. The monoisotopic (exact) mass is 408 g/mol. The fourth-order valence-electron chi connectivity index (χ4n) is 2.65. The van der Waals surface area contributed by atoms with Gasteiger partial charge in [-0.1, -0.05) is 6.07 Å². The van der Waals surface area contributed by atoms with Crippen molar-refractivity contribution in [2.24, 2.45) is 0 Å². The molecule has 1 heterocycles. The lowest BCUT2D eigenvalue weighted by atomic mass is 10.0. The highest BCUT2D eigenvalue weighted by Crippen LogP contribution is 2.27. The first kappa shape index (κ1) is 20.1. The van der Waals surface area contributed by atoms with Crippen molar-refractivity contribution in [3.63, 3.8) is 0 Å². The number of nitro groups is 1. The van der Waals surface area contributed by atoms with Crippen LogP contribution in [0.3, 0.4) is 0 Å². The third-order valence-corrected chi connectivity index (χ3v) is 4.02. The summed E-state index contributed by atoms with van der Waals surface area (Å²) in [4.78, 5) is 53.4. The molecule has 3 N–H and O–H groups in total. The summed E-state index contributed by atoms with van der Waals surface area (Å²) in [6.45, 7) is 0. The number of carboxylic acid groups (broad SMARTS) is 2. The third-order valence-electron chi connectivity index (χ3n) is 4.02. The fourth-order valence-corrected chi connectivity index (χ4v) is 2.65. The van der Waals surface area contributed by atoms with Gasteiger partial charge in [-0.05, 0) is 29.8 Å². The molecule has 0 saturated heterocycles. The number of amides is 1. The number of hydrogen-bond acceptors (Lipinski definition) is 7. The molecule has 0 aliphatic heterocycles. The zero-order chi connectivity index (χ0) is 21.8. The van der Waals surface area contributed by atoms with Crippen LogP contribution in [-0.2, 0) is 0 Å². The van der Waals surface area contributed by atoms with E-state index in [4.69, 9.17) is 10.2 Å². The Morgan fingerprint density at radius 3 is 2.03 bits per heavy atom. The van der Waals surface area contributed by atoms with Gasteiger partial charge in [0.05, 0.1) is 16.1 Å². The van der Waals surface area contributed by atoms with E-state index < -0.39 is 28.5 Å². The van der Waals surface area contributed by atoms with E-state index in [-0.39, 0.29) is 22.4 Å². The van der Waals surface area contributed by atoms with Crippen molar-refractivity contribution < 1.29 is 29.5 Å². The van der Waals surface area contributed by atoms with Crippen LogP contribution >= 0.6 is 0 Å². The zero-order valence-electron chi connectivity index (χ0n) is 15.0. The Hall–Kier alpha value is -4.67. The number of nitro benzene ring substituents is 1. The second-order valence-electron chi connectivity index (χ2n) is 5.98. The maximum atomic E-state index is 12.6. The standard InChI is InChI=1S/C19H12N4O7/c24-17(22-14-4-11(18(25)26)3-12(5-14)19(27)28)15-2-1-10(6-16(15)23(29)30)13-7-20-9-21-8-13/h1-9H,(H,22,24)(H,25,26)(H,27,28). The molecule has 30 heavy (non-hydrogen) atoms. The van der Waals surface area contributed by atoms with Crippen molar-refractivity contribution >= 4 is 29.2 Å². The zero-order valence-corrected chi connectivity index (χ0v) is 15.0. The lowest BCUT2D eigenvalue weighted by Gasteiger charge is -2.09. The molecular weight excluding hydrogens is 396 g/mol. The van der Waals surface area contributed by atoms with E-state index in [1.807, 2.05) is 0 Å². The van der Waals surface area contributed by atoms with Crippen LogP contribution in [-0.4, -0.2) is 43.0 Å². The number of rotatable bonds is 6. The van der Waals surface area contributed by atoms with Gasteiger partial charge in [0.1, 0.15) is 11.9 Å². The molecule has 0 unspecified atom stereocenters.